The lowest BCUT2D eigenvalue weighted by atomic mass is 10.2. The Bertz CT molecular complexity index is 789. The molecule has 1 aliphatic heterocycles. The summed E-state index contributed by atoms with van der Waals surface area (Å²) in [6.07, 6.45) is 1.35. The topological polar surface area (TPSA) is 98.7 Å². The van der Waals surface area contributed by atoms with Crippen molar-refractivity contribution in [1.29, 1.82) is 0 Å². The van der Waals surface area contributed by atoms with Crippen LogP contribution in [-0.2, 0) is 9.59 Å². The molecule has 2 aromatic rings. The first-order valence-corrected chi connectivity index (χ1v) is 9.12. The number of carbonyl (C=O) groups is 3. The van der Waals surface area contributed by atoms with Crippen LogP contribution >= 0.6 is 11.3 Å². The number of aliphatic carboxylic acids is 1. The van der Waals surface area contributed by atoms with Crippen molar-refractivity contribution in [1.82, 2.24) is 4.90 Å². The minimum absolute atomic E-state index is 0.0494. The summed E-state index contributed by atoms with van der Waals surface area (Å²) in [6.45, 7) is 0.659. The van der Waals surface area contributed by atoms with Gasteiger partial charge in [0.25, 0.3) is 5.91 Å². The van der Waals surface area contributed by atoms with Gasteiger partial charge >= 0.3 is 5.97 Å². The van der Waals surface area contributed by atoms with Crippen LogP contribution in [0, 0.1) is 0 Å². The van der Waals surface area contributed by atoms with Gasteiger partial charge in [-0.15, -0.1) is 11.3 Å². The SMILES string of the molecule is O=C(CN1CCC[C@H]1C(=O)O)Nc1ccc(NC(=O)c2cccs2)cc1. The maximum Gasteiger partial charge on any atom is 0.320 e. The summed E-state index contributed by atoms with van der Waals surface area (Å²) in [4.78, 5) is 37.6. The first kappa shape index (κ1) is 18.1. The summed E-state index contributed by atoms with van der Waals surface area (Å²) in [5.74, 6) is -1.32. The van der Waals surface area contributed by atoms with Crippen LogP contribution in [0.2, 0.25) is 0 Å². The summed E-state index contributed by atoms with van der Waals surface area (Å²) in [6, 6.07) is 9.77. The Labute approximate surface area is 154 Å². The maximum absolute atomic E-state index is 12.1. The second kappa shape index (κ2) is 8.11. The normalized spacial score (nSPS) is 17.0. The van der Waals surface area contributed by atoms with E-state index in [1.165, 1.54) is 11.3 Å². The Balaban J connectivity index is 1.53. The Kier molecular flexibility index (Phi) is 5.65. The van der Waals surface area contributed by atoms with E-state index >= 15 is 0 Å². The summed E-state index contributed by atoms with van der Waals surface area (Å²) >= 11 is 1.36. The fourth-order valence-corrected chi connectivity index (χ4v) is 3.54. The van der Waals surface area contributed by atoms with Gasteiger partial charge in [-0.1, -0.05) is 6.07 Å². The molecule has 1 aliphatic rings. The molecule has 0 aliphatic carbocycles. The van der Waals surface area contributed by atoms with Gasteiger partial charge in [0.2, 0.25) is 5.91 Å². The van der Waals surface area contributed by atoms with E-state index in [4.69, 9.17) is 5.11 Å². The lowest BCUT2D eigenvalue weighted by Gasteiger charge is -2.20. The van der Waals surface area contributed by atoms with Crippen molar-refractivity contribution in [2.45, 2.75) is 18.9 Å². The van der Waals surface area contributed by atoms with Crippen molar-refractivity contribution in [3.63, 3.8) is 0 Å². The van der Waals surface area contributed by atoms with Crippen molar-refractivity contribution in [2.24, 2.45) is 0 Å². The largest absolute Gasteiger partial charge is 0.480 e. The zero-order valence-electron chi connectivity index (χ0n) is 14.0. The smallest absolute Gasteiger partial charge is 0.320 e. The molecule has 7 nitrogen and oxygen atoms in total. The summed E-state index contributed by atoms with van der Waals surface area (Å²) in [7, 11) is 0. The maximum atomic E-state index is 12.1. The molecule has 1 aromatic carbocycles. The molecule has 0 spiro atoms. The van der Waals surface area contributed by atoms with Crippen LogP contribution in [0.25, 0.3) is 0 Å². The third kappa shape index (κ3) is 4.47. The Morgan fingerprint density at radius 3 is 2.42 bits per heavy atom. The van der Waals surface area contributed by atoms with E-state index < -0.39 is 12.0 Å². The fourth-order valence-electron chi connectivity index (χ4n) is 2.92. The van der Waals surface area contributed by atoms with E-state index in [9.17, 15) is 14.4 Å². The summed E-state index contributed by atoms with van der Waals surface area (Å²) in [5, 5.41) is 16.5. The predicted molar refractivity (Wildman–Crippen MR) is 99.6 cm³/mol. The van der Waals surface area contributed by atoms with Gasteiger partial charge in [-0.3, -0.25) is 19.3 Å². The first-order chi connectivity index (χ1) is 12.5. The molecule has 3 rings (SSSR count). The highest BCUT2D eigenvalue weighted by Crippen LogP contribution is 2.19. The van der Waals surface area contributed by atoms with Gasteiger partial charge in [0, 0.05) is 11.4 Å². The number of benzene rings is 1. The Hall–Kier alpha value is -2.71. The second-order valence-corrected chi connectivity index (χ2v) is 6.97. The quantitative estimate of drug-likeness (QED) is 0.723. The number of likely N-dealkylation sites (tertiary alicyclic amines) is 1. The molecule has 8 heteroatoms. The lowest BCUT2D eigenvalue weighted by Crippen LogP contribution is -2.40. The highest BCUT2D eigenvalue weighted by molar-refractivity contribution is 7.12. The van der Waals surface area contributed by atoms with Crippen LogP contribution in [0.5, 0.6) is 0 Å². The number of carboxylic acids is 1. The minimum Gasteiger partial charge on any atom is -0.480 e. The van der Waals surface area contributed by atoms with Crippen LogP contribution in [0.3, 0.4) is 0 Å². The molecular weight excluding hydrogens is 354 g/mol. The van der Waals surface area contributed by atoms with E-state index in [2.05, 4.69) is 10.6 Å². The standard InChI is InChI=1S/C18H19N3O4S/c22-16(11-21-9-1-3-14(21)18(24)25)19-12-5-7-13(8-6-12)20-17(23)15-4-2-10-26-15/h2,4-8,10,14H,1,3,9,11H2,(H,19,22)(H,20,23)(H,24,25)/t14-/m0/s1. The van der Waals surface area contributed by atoms with Crippen LogP contribution in [0.1, 0.15) is 22.5 Å². The molecule has 1 aromatic heterocycles. The number of carboxylic acid groups (broad SMARTS) is 1. The molecule has 0 unspecified atom stereocenters. The van der Waals surface area contributed by atoms with Crippen LogP contribution in [0.15, 0.2) is 41.8 Å². The third-order valence-corrected chi connectivity index (χ3v) is 5.04. The van der Waals surface area contributed by atoms with E-state index in [-0.39, 0.29) is 18.4 Å². The predicted octanol–water partition coefficient (Wildman–Crippen LogP) is 2.49. The molecule has 136 valence electrons. The first-order valence-electron chi connectivity index (χ1n) is 8.24. The molecule has 2 heterocycles. The van der Waals surface area contributed by atoms with Crippen LogP contribution in [0.4, 0.5) is 11.4 Å². The average molecular weight is 373 g/mol. The van der Waals surface area contributed by atoms with Gasteiger partial charge in [-0.2, -0.15) is 0 Å². The van der Waals surface area contributed by atoms with Gasteiger partial charge in [-0.05, 0) is 55.1 Å². The number of thiophene rings is 1. The number of nitrogens with one attached hydrogen (secondary N) is 2. The molecule has 3 N–H and O–H groups in total. The number of nitrogens with zero attached hydrogens (tertiary/aromatic N) is 1. The van der Waals surface area contributed by atoms with Crippen LogP contribution in [-0.4, -0.2) is 46.9 Å². The van der Waals surface area contributed by atoms with Crippen molar-refractivity contribution < 1.29 is 19.5 Å². The van der Waals surface area contributed by atoms with Gasteiger partial charge in [0.05, 0.1) is 11.4 Å². The van der Waals surface area contributed by atoms with Crippen molar-refractivity contribution >= 4 is 40.5 Å². The van der Waals surface area contributed by atoms with E-state index in [0.717, 1.165) is 6.42 Å². The van der Waals surface area contributed by atoms with E-state index in [1.54, 1.807) is 35.2 Å². The lowest BCUT2D eigenvalue weighted by molar-refractivity contribution is -0.142. The molecule has 2 amide bonds. The monoisotopic (exact) mass is 373 g/mol. The molecule has 26 heavy (non-hydrogen) atoms. The number of anilines is 2. The van der Waals surface area contributed by atoms with E-state index in [0.29, 0.717) is 29.2 Å². The number of carbonyl (C=O) groups excluding carboxylic acids is 2. The number of hydrogen-bond acceptors (Lipinski definition) is 5. The van der Waals surface area contributed by atoms with Gasteiger partial charge in [0.15, 0.2) is 0 Å². The molecule has 0 bridgehead atoms. The van der Waals surface area contributed by atoms with E-state index in [1.807, 2.05) is 11.4 Å². The highest BCUT2D eigenvalue weighted by atomic mass is 32.1. The van der Waals surface area contributed by atoms with Crippen molar-refractivity contribution in [3.8, 4) is 0 Å². The molecule has 0 saturated carbocycles. The Morgan fingerprint density at radius 1 is 1.12 bits per heavy atom. The zero-order chi connectivity index (χ0) is 18.5. The molecule has 1 fully saturated rings. The molecule has 1 saturated heterocycles. The van der Waals surface area contributed by atoms with Crippen molar-refractivity contribution in [3.05, 3.63) is 46.7 Å². The molecule has 0 radical (unpaired) electrons. The number of hydrogen-bond donors (Lipinski definition) is 3. The Morgan fingerprint density at radius 2 is 1.81 bits per heavy atom. The van der Waals surface area contributed by atoms with Gasteiger partial charge in [0.1, 0.15) is 6.04 Å². The van der Waals surface area contributed by atoms with Crippen LogP contribution < -0.4 is 10.6 Å². The molecular formula is C18H19N3O4S. The third-order valence-electron chi connectivity index (χ3n) is 4.17. The average Bonchev–Trinajstić information content (AvgIpc) is 3.28. The number of rotatable bonds is 6. The fraction of sp³-hybridized carbons (Fsp3) is 0.278. The number of amides is 2. The minimum atomic E-state index is -0.888. The van der Waals surface area contributed by atoms with Gasteiger partial charge in [-0.25, -0.2) is 0 Å². The molecule has 1 atom stereocenters. The second-order valence-electron chi connectivity index (χ2n) is 6.02. The summed E-state index contributed by atoms with van der Waals surface area (Å²) < 4.78 is 0. The summed E-state index contributed by atoms with van der Waals surface area (Å²) in [5.41, 5.74) is 1.22. The van der Waals surface area contributed by atoms with Crippen molar-refractivity contribution in [2.75, 3.05) is 23.7 Å². The highest BCUT2D eigenvalue weighted by Gasteiger charge is 2.31. The van der Waals surface area contributed by atoms with Gasteiger partial charge < -0.3 is 15.7 Å². The zero-order valence-corrected chi connectivity index (χ0v) is 14.8.